The summed E-state index contributed by atoms with van der Waals surface area (Å²) in [6.07, 6.45) is 9.16. The molecule has 0 unspecified atom stereocenters. The Kier molecular flexibility index (Phi) is 2.62. The van der Waals surface area contributed by atoms with Gasteiger partial charge in [0.05, 0.1) is 0 Å². The lowest BCUT2D eigenvalue weighted by molar-refractivity contribution is 1.22. The molecular weight excluding hydrogens is 206 g/mol. The van der Waals surface area contributed by atoms with Crippen molar-refractivity contribution in [1.29, 1.82) is 0 Å². The highest BCUT2D eigenvalue weighted by Crippen LogP contribution is 2.49. The minimum absolute atomic E-state index is 0.762. The first-order valence-corrected chi connectivity index (χ1v) is 11.8. The average molecular weight is 227 g/mol. The number of hydrogen-bond donors (Lipinski definition) is 3. The third-order valence-corrected chi connectivity index (χ3v) is 12.9. The zero-order valence-corrected chi connectivity index (χ0v) is 11.4. The van der Waals surface area contributed by atoms with Gasteiger partial charge >= 0.3 is 0 Å². The quantitative estimate of drug-likeness (QED) is 0.545. The van der Waals surface area contributed by atoms with E-state index < -0.39 is 29.2 Å². The second kappa shape index (κ2) is 2.89. The van der Waals surface area contributed by atoms with Crippen molar-refractivity contribution in [2.24, 2.45) is 0 Å². The normalized spacial score (nSPS) is 36.8. The monoisotopic (exact) mass is 227 g/mol. The summed E-state index contributed by atoms with van der Waals surface area (Å²) in [4.78, 5) is 0. The molecule has 0 spiro atoms. The second-order valence-corrected chi connectivity index (χ2v) is 15.4. The van der Waals surface area contributed by atoms with Gasteiger partial charge in [-0.3, -0.25) is 8.78 Å². The summed E-state index contributed by atoms with van der Waals surface area (Å²) in [7, 11) is -2.87. The number of rotatable bonds is 0. The molecule has 1 rings (SSSR count). The van der Waals surface area contributed by atoms with Crippen LogP contribution in [-0.4, -0.2) is 33.4 Å². The Morgan fingerprint density at radius 1 is 0.833 bits per heavy atom. The topological polar surface area (TPSA) is 36.1 Å². The summed E-state index contributed by atoms with van der Waals surface area (Å²) in [6.45, 7) is 4.66. The van der Waals surface area contributed by atoms with Gasteiger partial charge in [0.25, 0.3) is 0 Å². The van der Waals surface area contributed by atoms with Crippen LogP contribution in [0, 0.1) is 0 Å². The van der Waals surface area contributed by atoms with E-state index in [0.717, 1.165) is 0 Å². The molecule has 3 N–H and O–H groups in total. The van der Waals surface area contributed by atoms with Crippen LogP contribution in [0.1, 0.15) is 0 Å². The zero-order valence-electron chi connectivity index (χ0n) is 8.82. The lowest BCUT2D eigenvalue weighted by Crippen LogP contribution is -2.66. The van der Waals surface area contributed by atoms with Crippen molar-refractivity contribution in [2.45, 2.75) is 13.1 Å². The highest BCUT2D eigenvalue weighted by atomic mass is 32.3. The molecule has 0 aromatic rings. The van der Waals surface area contributed by atoms with Crippen molar-refractivity contribution in [3.8, 4) is 0 Å². The van der Waals surface area contributed by atoms with E-state index in [-0.39, 0.29) is 0 Å². The lowest BCUT2D eigenvalue weighted by atomic mass is 11.9. The van der Waals surface area contributed by atoms with E-state index in [2.05, 4.69) is 51.0 Å². The van der Waals surface area contributed by atoms with E-state index >= 15 is 0 Å². The van der Waals surface area contributed by atoms with Gasteiger partial charge in [0, 0.05) is 0 Å². The SMILES string of the molecule is C[Si]1(C)NS(C)(C)NS(C)(C)N1. The Labute approximate surface area is 80.4 Å². The first-order valence-electron chi connectivity index (χ1n) is 3.95. The maximum Gasteiger partial charge on any atom is 0.213 e. The van der Waals surface area contributed by atoms with Crippen molar-refractivity contribution in [3.05, 3.63) is 0 Å². The minimum atomic E-state index is -1.35. The van der Waals surface area contributed by atoms with Gasteiger partial charge in [0.1, 0.15) is 0 Å². The maximum absolute atomic E-state index is 3.71. The summed E-state index contributed by atoms with van der Waals surface area (Å²) in [6, 6.07) is 0. The molecule has 1 aliphatic heterocycles. The molecule has 0 radical (unpaired) electrons. The Balaban J connectivity index is 2.81. The van der Waals surface area contributed by atoms with Gasteiger partial charge in [-0.05, 0) is 38.1 Å². The van der Waals surface area contributed by atoms with Gasteiger partial charge in [0.15, 0.2) is 0 Å². The highest BCUT2D eigenvalue weighted by molar-refractivity contribution is 8.45. The molecule has 0 amide bonds. The molecule has 1 saturated heterocycles. The predicted octanol–water partition coefficient (Wildman–Crippen LogP) is 1.26. The van der Waals surface area contributed by atoms with E-state index in [1.54, 1.807) is 0 Å². The van der Waals surface area contributed by atoms with E-state index in [1.807, 2.05) is 0 Å². The molecule has 3 nitrogen and oxygen atoms in total. The summed E-state index contributed by atoms with van der Waals surface area (Å²) in [5.41, 5.74) is 0. The van der Waals surface area contributed by atoms with Crippen LogP contribution >= 0.6 is 20.8 Å². The fourth-order valence-electron chi connectivity index (χ4n) is 1.86. The molecule has 1 fully saturated rings. The summed E-state index contributed by atoms with van der Waals surface area (Å²) in [5.74, 6) is 0. The lowest BCUT2D eigenvalue weighted by Gasteiger charge is -2.56. The van der Waals surface area contributed by atoms with Crippen LogP contribution in [0.2, 0.25) is 13.1 Å². The van der Waals surface area contributed by atoms with Gasteiger partial charge in [-0.15, -0.1) is 20.8 Å². The van der Waals surface area contributed by atoms with Crippen molar-refractivity contribution in [2.75, 3.05) is 25.0 Å². The summed E-state index contributed by atoms with van der Waals surface area (Å²) < 4.78 is 11.1. The summed E-state index contributed by atoms with van der Waals surface area (Å²) in [5, 5.41) is 0. The molecule has 1 aliphatic rings. The number of hydrogen-bond acceptors (Lipinski definition) is 3. The first-order chi connectivity index (χ1) is 5.12. The molecule has 0 aromatic heterocycles. The molecule has 12 heavy (non-hydrogen) atoms. The van der Waals surface area contributed by atoms with Gasteiger partial charge in [-0.1, -0.05) is 0 Å². The molecule has 6 heteroatoms. The Morgan fingerprint density at radius 2 is 1.17 bits per heavy atom. The second-order valence-electron chi connectivity index (χ2n) is 4.57. The minimum Gasteiger partial charge on any atom is -0.276 e. The van der Waals surface area contributed by atoms with Gasteiger partial charge < -0.3 is 0 Å². The van der Waals surface area contributed by atoms with E-state index in [0.29, 0.717) is 0 Å². The standard InChI is InChI=1S/C6H21N3S2Si/c1-10(2)7-11(3,4)9-12(5,6)8-10/h7-9H,1-6H3. The average Bonchev–Trinajstić information content (AvgIpc) is 1.44. The third-order valence-electron chi connectivity index (χ3n) is 1.44. The zero-order chi connectivity index (χ0) is 9.62. The van der Waals surface area contributed by atoms with Gasteiger partial charge in [-0.25, -0.2) is 4.13 Å². The van der Waals surface area contributed by atoms with Crippen LogP contribution in [-0.2, 0) is 0 Å². The number of nitrogens with one attached hydrogen (secondary N) is 3. The van der Waals surface area contributed by atoms with Gasteiger partial charge in [0.2, 0.25) is 8.40 Å². The van der Waals surface area contributed by atoms with Crippen LogP contribution in [0.15, 0.2) is 0 Å². The van der Waals surface area contributed by atoms with Gasteiger partial charge in [-0.2, -0.15) is 0 Å². The molecule has 0 aromatic carbocycles. The Bertz CT molecular complexity index is 148. The molecule has 76 valence electrons. The third kappa shape index (κ3) is 2.93. The Hall–Kier alpha value is 0.797. The molecule has 1 heterocycles. The van der Waals surface area contributed by atoms with Crippen LogP contribution in [0.3, 0.4) is 0 Å². The van der Waals surface area contributed by atoms with Crippen molar-refractivity contribution >= 4 is 29.2 Å². The van der Waals surface area contributed by atoms with Crippen molar-refractivity contribution in [1.82, 2.24) is 12.9 Å². The fraction of sp³-hybridized carbons (Fsp3) is 1.00. The predicted molar refractivity (Wildman–Crippen MR) is 65.8 cm³/mol. The largest absolute Gasteiger partial charge is 0.276 e. The highest BCUT2D eigenvalue weighted by Gasteiger charge is 2.37. The van der Waals surface area contributed by atoms with Crippen molar-refractivity contribution in [3.63, 3.8) is 0 Å². The Morgan fingerprint density at radius 3 is 1.42 bits per heavy atom. The van der Waals surface area contributed by atoms with Crippen LogP contribution in [0.25, 0.3) is 0 Å². The smallest absolute Gasteiger partial charge is 0.213 e. The maximum atomic E-state index is 3.71. The van der Waals surface area contributed by atoms with Crippen molar-refractivity contribution < 1.29 is 0 Å². The summed E-state index contributed by atoms with van der Waals surface area (Å²) >= 11 is 0. The van der Waals surface area contributed by atoms with E-state index in [9.17, 15) is 0 Å². The van der Waals surface area contributed by atoms with Crippen LogP contribution in [0.5, 0.6) is 0 Å². The first kappa shape index (κ1) is 10.9. The fourth-order valence-corrected chi connectivity index (χ4v) is 17.9. The van der Waals surface area contributed by atoms with Crippen LogP contribution in [0.4, 0.5) is 0 Å². The molecule has 0 aliphatic carbocycles. The molecule has 0 saturated carbocycles. The molecule has 0 atom stereocenters. The molecular formula is C6H21N3S2Si. The van der Waals surface area contributed by atoms with E-state index in [1.165, 1.54) is 0 Å². The van der Waals surface area contributed by atoms with E-state index in [4.69, 9.17) is 0 Å². The molecule has 0 bridgehead atoms. The van der Waals surface area contributed by atoms with Crippen LogP contribution < -0.4 is 12.9 Å².